The maximum absolute atomic E-state index is 6.24. The van der Waals surface area contributed by atoms with Crippen LogP contribution in [-0.2, 0) is 0 Å². The standard InChI is InChI=1S/C14H20ClN/c1-3-11-9-12(4-2)14(15)8-6-5-7-13(16)10-11/h7-8H,3-6,10,16H2,1-2H3/b13-7+,14-8?. The fourth-order valence-corrected chi connectivity index (χ4v) is 2.00. The van der Waals surface area contributed by atoms with Crippen LogP contribution in [0.4, 0.5) is 0 Å². The first-order chi connectivity index (χ1) is 7.67. The van der Waals surface area contributed by atoms with Gasteiger partial charge in [-0.15, -0.1) is 5.73 Å². The normalized spacial score (nSPS) is 21.4. The number of hydrogen-bond acceptors (Lipinski definition) is 1. The van der Waals surface area contributed by atoms with Gasteiger partial charge in [0.15, 0.2) is 0 Å². The molecule has 1 aliphatic carbocycles. The van der Waals surface area contributed by atoms with Crippen molar-refractivity contribution >= 4 is 11.6 Å². The van der Waals surface area contributed by atoms with Crippen molar-refractivity contribution in [1.29, 1.82) is 0 Å². The molecule has 0 aromatic rings. The average molecular weight is 238 g/mol. The monoisotopic (exact) mass is 237 g/mol. The largest absolute Gasteiger partial charge is 0.402 e. The van der Waals surface area contributed by atoms with E-state index in [-0.39, 0.29) is 0 Å². The number of rotatable bonds is 2. The Kier molecular flexibility index (Phi) is 5.45. The predicted octanol–water partition coefficient (Wildman–Crippen LogP) is 4.41. The molecule has 1 aliphatic rings. The van der Waals surface area contributed by atoms with Crippen LogP contribution in [0.1, 0.15) is 46.0 Å². The van der Waals surface area contributed by atoms with Crippen LogP contribution < -0.4 is 5.73 Å². The maximum atomic E-state index is 6.24. The summed E-state index contributed by atoms with van der Waals surface area (Å²) < 4.78 is 0. The van der Waals surface area contributed by atoms with Crippen LogP contribution in [0.5, 0.6) is 0 Å². The fourth-order valence-electron chi connectivity index (χ4n) is 1.71. The molecule has 0 atom stereocenters. The molecule has 0 heterocycles. The van der Waals surface area contributed by atoms with Crippen LogP contribution >= 0.6 is 11.6 Å². The lowest BCUT2D eigenvalue weighted by Crippen LogP contribution is -1.99. The average Bonchev–Trinajstić information content (AvgIpc) is 2.29. The van der Waals surface area contributed by atoms with Gasteiger partial charge in [0.25, 0.3) is 0 Å². The summed E-state index contributed by atoms with van der Waals surface area (Å²) in [6.45, 7) is 4.24. The summed E-state index contributed by atoms with van der Waals surface area (Å²) in [6, 6.07) is 0. The van der Waals surface area contributed by atoms with Gasteiger partial charge in [-0.25, -0.2) is 0 Å². The van der Waals surface area contributed by atoms with Crippen molar-refractivity contribution in [1.82, 2.24) is 0 Å². The van der Waals surface area contributed by atoms with Gasteiger partial charge in [0.05, 0.1) is 0 Å². The Bertz CT molecular complexity index is 368. The van der Waals surface area contributed by atoms with Gasteiger partial charge < -0.3 is 5.73 Å². The molecule has 0 aromatic carbocycles. The molecule has 0 unspecified atom stereocenters. The quantitative estimate of drug-likeness (QED) is 0.708. The van der Waals surface area contributed by atoms with Gasteiger partial charge >= 0.3 is 0 Å². The zero-order valence-electron chi connectivity index (χ0n) is 10.1. The van der Waals surface area contributed by atoms with Crippen LogP contribution in [0.2, 0.25) is 0 Å². The summed E-state index contributed by atoms with van der Waals surface area (Å²) in [5.74, 6) is 0. The Hall–Kier alpha value is -0.910. The molecule has 1 nitrogen and oxygen atoms in total. The highest BCUT2D eigenvalue weighted by Gasteiger charge is 2.03. The molecule has 88 valence electrons. The highest BCUT2D eigenvalue weighted by molar-refractivity contribution is 6.31. The summed E-state index contributed by atoms with van der Waals surface area (Å²) in [5.41, 5.74) is 12.7. The van der Waals surface area contributed by atoms with Gasteiger partial charge in [0, 0.05) is 22.7 Å². The second-order valence-electron chi connectivity index (χ2n) is 4.00. The second-order valence-corrected chi connectivity index (χ2v) is 4.41. The van der Waals surface area contributed by atoms with E-state index in [0.29, 0.717) is 0 Å². The van der Waals surface area contributed by atoms with Crippen LogP contribution in [0.3, 0.4) is 0 Å². The highest BCUT2D eigenvalue weighted by Crippen LogP contribution is 2.22. The van der Waals surface area contributed by atoms with E-state index in [2.05, 4.69) is 31.7 Å². The Labute approximate surface area is 103 Å². The van der Waals surface area contributed by atoms with Crippen molar-refractivity contribution in [3.63, 3.8) is 0 Å². The van der Waals surface area contributed by atoms with E-state index in [1.807, 2.05) is 0 Å². The molecule has 0 saturated heterocycles. The Morgan fingerprint density at radius 2 is 1.94 bits per heavy atom. The molecule has 0 radical (unpaired) electrons. The van der Waals surface area contributed by atoms with E-state index in [0.717, 1.165) is 48.4 Å². The molecule has 2 N–H and O–H groups in total. The molecular formula is C14H20ClN. The minimum Gasteiger partial charge on any atom is -0.402 e. The Morgan fingerprint density at radius 3 is 2.56 bits per heavy atom. The van der Waals surface area contributed by atoms with Gasteiger partial charge in [-0.05, 0) is 31.3 Å². The third kappa shape index (κ3) is 3.92. The molecule has 0 fully saturated rings. The van der Waals surface area contributed by atoms with Gasteiger partial charge in [-0.1, -0.05) is 37.6 Å². The van der Waals surface area contributed by atoms with Crippen LogP contribution in [0.25, 0.3) is 0 Å². The molecule has 0 aliphatic heterocycles. The third-order valence-electron chi connectivity index (χ3n) is 2.71. The molecule has 0 saturated carbocycles. The minimum atomic E-state index is 0.824. The maximum Gasteiger partial charge on any atom is 0.0475 e. The van der Waals surface area contributed by atoms with E-state index >= 15 is 0 Å². The number of allylic oxidation sites excluding steroid dienone is 4. The molecule has 0 aromatic heterocycles. The molecule has 0 amide bonds. The second kappa shape index (κ2) is 6.62. The van der Waals surface area contributed by atoms with Crippen LogP contribution in [-0.4, -0.2) is 0 Å². The summed E-state index contributed by atoms with van der Waals surface area (Å²) in [5, 5.41) is 0.849. The van der Waals surface area contributed by atoms with Crippen molar-refractivity contribution in [2.45, 2.75) is 46.0 Å². The van der Waals surface area contributed by atoms with E-state index < -0.39 is 0 Å². The molecule has 16 heavy (non-hydrogen) atoms. The molecule has 1 rings (SSSR count). The summed E-state index contributed by atoms with van der Waals surface area (Å²) in [6.07, 6.45) is 8.79. The first-order valence-corrected chi connectivity index (χ1v) is 6.33. The first kappa shape index (κ1) is 13.2. The third-order valence-corrected chi connectivity index (χ3v) is 3.09. The van der Waals surface area contributed by atoms with Crippen molar-refractivity contribution < 1.29 is 0 Å². The summed E-state index contributed by atoms with van der Waals surface area (Å²) >= 11 is 6.24. The number of hydrogen-bond donors (Lipinski definition) is 1. The zero-order valence-corrected chi connectivity index (χ0v) is 10.9. The minimum absolute atomic E-state index is 0.824. The SMILES string of the molecule is CCC1=C=C(CC)C(Cl)=CCC/C=C(/N)C1. The van der Waals surface area contributed by atoms with E-state index in [1.165, 1.54) is 5.57 Å². The van der Waals surface area contributed by atoms with Gasteiger partial charge in [0.1, 0.15) is 0 Å². The molecule has 0 bridgehead atoms. The van der Waals surface area contributed by atoms with Gasteiger partial charge in [-0.2, -0.15) is 0 Å². The zero-order chi connectivity index (χ0) is 12.0. The van der Waals surface area contributed by atoms with E-state index in [1.54, 1.807) is 0 Å². The lowest BCUT2D eigenvalue weighted by Gasteiger charge is -2.07. The smallest absolute Gasteiger partial charge is 0.0475 e. The van der Waals surface area contributed by atoms with Crippen LogP contribution in [0.15, 0.2) is 39.8 Å². The van der Waals surface area contributed by atoms with Gasteiger partial charge in [-0.3, -0.25) is 0 Å². The van der Waals surface area contributed by atoms with E-state index in [9.17, 15) is 0 Å². The molecular weight excluding hydrogens is 218 g/mol. The topological polar surface area (TPSA) is 26.0 Å². The summed E-state index contributed by atoms with van der Waals surface area (Å²) in [4.78, 5) is 0. The number of halogens is 1. The van der Waals surface area contributed by atoms with Crippen molar-refractivity contribution in [3.05, 3.63) is 39.8 Å². The first-order valence-electron chi connectivity index (χ1n) is 5.95. The van der Waals surface area contributed by atoms with Gasteiger partial charge in [0.2, 0.25) is 0 Å². The van der Waals surface area contributed by atoms with E-state index in [4.69, 9.17) is 17.3 Å². The Morgan fingerprint density at radius 1 is 1.25 bits per heavy atom. The van der Waals surface area contributed by atoms with Crippen molar-refractivity contribution in [2.24, 2.45) is 5.73 Å². The fraction of sp³-hybridized carbons (Fsp3) is 0.500. The Balaban J connectivity index is 3.16. The van der Waals surface area contributed by atoms with Crippen molar-refractivity contribution in [2.75, 3.05) is 0 Å². The molecule has 2 heteroatoms. The lowest BCUT2D eigenvalue weighted by molar-refractivity contribution is 0.940. The summed E-state index contributed by atoms with van der Waals surface area (Å²) in [7, 11) is 0. The highest BCUT2D eigenvalue weighted by atomic mass is 35.5. The van der Waals surface area contributed by atoms with Crippen LogP contribution in [0, 0.1) is 0 Å². The lowest BCUT2D eigenvalue weighted by atomic mass is 10.0. The van der Waals surface area contributed by atoms with Crippen molar-refractivity contribution in [3.8, 4) is 0 Å². The predicted molar refractivity (Wildman–Crippen MR) is 71.2 cm³/mol. The molecule has 0 spiro atoms. The number of nitrogens with two attached hydrogens (primary N) is 1.